The van der Waals surface area contributed by atoms with Crippen molar-refractivity contribution in [2.75, 3.05) is 25.6 Å². The number of halogens is 1. The molecule has 8 heteroatoms. The number of rotatable bonds is 6. The smallest absolute Gasteiger partial charge is 0.293 e. The molecule has 0 unspecified atom stereocenters. The van der Waals surface area contributed by atoms with Crippen LogP contribution < -0.4 is 16.2 Å². The fourth-order valence-electron chi connectivity index (χ4n) is 1.86. The highest BCUT2D eigenvalue weighted by molar-refractivity contribution is 9.10. The number of benzene rings is 1. The molecule has 0 aliphatic carbocycles. The summed E-state index contributed by atoms with van der Waals surface area (Å²) in [7, 11) is 3.22. The summed E-state index contributed by atoms with van der Waals surface area (Å²) >= 11 is 3.25. The molecule has 122 valence electrons. The molecule has 1 aromatic heterocycles. The highest BCUT2D eigenvalue weighted by Gasteiger charge is 2.08. The number of anilines is 2. The second kappa shape index (κ2) is 7.89. The number of carbonyl (C=O) groups is 1. The van der Waals surface area contributed by atoms with Crippen molar-refractivity contribution in [3.8, 4) is 0 Å². The molecular weight excluding hydrogens is 364 g/mol. The molecule has 0 aliphatic rings. The van der Waals surface area contributed by atoms with Crippen LogP contribution in [0.5, 0.6) is 0 Å². The number of hydrogen-bond donors (Lipinski definition) is 2. The van der Waals surface area contributed by atoms with Crippen LogP contribution in [-0.2, 0) is 11.8 Å². The van der Waals surface area contributed by atoms with E-state index in [0.29, 0.717) is 29.0 Å². The largest absolute Gasteiger partial charge is 0.383 e. The maximum atomic E-state index is 12.0. The summed E-state index contributed by atoms with van der Waals surface area (Å²) < 4.78 is 6.86. The van der Waals surface area contributed by atoms with Crippen molar-refractivity contribution in [3.63, 3.8) is 0 Å². The molecule has 2 aromatic rings. The maximum absolute atomic E-state index is 12.0. The summed E-state index contributed by atoms with van der Waals surface area (Å²) in [6, 6.07) is 6.78. The predicted molar refractivity (Wildman–Crippen MR) is 91.1 cm³/mol. The lowest BCUT2D eigenvalue weighted by atomic mass is 10.2. The Balaban J connectivity index is 2.09. The third-order valence-electron chi connectivity index (χ3n) is 3.04. The summed E-state index contributed by atoms with van der Waals surface area (Å²) in [5.74, 6) is 0.0317. The number of ether oxygens (including phenoxy) is 1. The molecule has 0 atom stereocenters. The minimum Gasteiger partial charge on any atom is -0.383 e. The van der Waals surface area contributed by atoms with Gasteiger partial charge in [-0.3, -0.25) is 9.59 Å². The lowest BCUT2D eigenvalue weighted by Crippen LogP contribution is -2.26. The number of aromatic nitrogens is 2. The second-order valence-corrected chi connectivity index (χ2v) is 5.59. The first-order valence-corrected chi connectivity index (χ1v) is 7.68. The van der Waals surface area contributed by atoms with Crippen LogP contribution in [0, 0.1) is 0 Å². The molecule has 1 amide bonds. The van der Waals surface area contributed by atoms with E-state index in [9.17, 15) is 9.59 Å². The van der Waals surface area contributed by atoms with E-state index in [-0.39, 0.29) is 17.3 Å². The summed E-state index contributed by atoms with van der Waals surface area (Å²) in [6.07, 6.45) is 1.58. The number of methoxy groups -OCH3 is 1. The fourth-order valence-corrected chi connectivity index (χ4v) is 2.35. The average molecular weight is 381 g/mol. The van der Waals surface area contributed by atoms with Crippen molar-refractivity contribution in [1.29, 1.82) is 0 Å². The lowest BCUT2D eigenvalue weighted by Gasteiger charge is -2.08. The number of nitrogens with one attached hydrogen (secondary N) is 2. The van der Waals surface area contributed by atoms with Crippen LogP contribution in [0.1, 0.15) is 10.4 Å². The van der Waals surface area contributed by atoms with Gasteiger partial charge < -0.3 is 19.9 Å². The van der Waals surface area contributed by atoms with Gasteiger partial charge >= 0.3 is 0 Å². The van der Waals surface area contributed by atoms with E-state index < -0.39 is 0 Å². The van der Waals surface area contributed by atoms with Gasteiger partial charge in [-0.25, -0.2) is 4.98 Å². The van der Waals surface area contributed by atoms with Crippen LogP contribution in [0.3, 0.4) is 0 Å². The number of amides is 1. The summed E-state index contributed by atoms with van der Waals surface area (Å²) in [6.45, 7) is 0.913. The van der Waals surface area contributed by atoms with Gasteiger partial charge in [0, 0.05) is 38.1 Å². The van der Waals surface area contributed by atoms with Crippen LogP contribution in [0.2, 0.25) is 0 Å². The Kier molecular flexibility index (Phi) is 5.89. The molecule has 0 saturated heterocycles. The molecule has 2 rings (SSSR count). The Morgan fingerprint density at radius 3 is 2.70 bits per heavy atom. The molecule has 2 N–H and O–H groups in total. The quantitative estimate of drug-likeness (QED) is 0.744. The first-order valence-electron chi connectivity index (χ1n) is 6.88. The molecule has 0 spiro atoms. The van der Waals surface area contributed by atoms with Gasteiger partial charge in [0.15, 0.2) is 5.82 Å². The van der Waals surface area contributed by atoms with Crippen molar-refractivity contribution >= 4 is 33.3 Å². The minimum absolute atomic E-state index is 0.176. The Morgan fingerprint density at radius 1 is 1.35 bits per heavy atom. The number of nitrogens with zero attached hydrogens (tertiary/aromatic N) is 2. The van der Waals surface area contributed by atoms with Crippen molar-refractivity contribution in [3.05, 3.63) is 51.0 Å². The van der Waals surface area contributed by atoms with E-state index in [4.69, 9.17) is 4.74 Å². The third-order valence-corrected chi connectivity index (χ3v) is 3.43. The monoisotopic (exact) mass is 380 g/mol. The van der Waals surface area contributed by atoms with Gasteiger partial charge in [-0.15, -0.1) is 0 Å². The molecule has 1 heterocycles. The Bertz CT molecular complexity index is 743. The SMILES string of the molecule is COCCNC(=O)c1ccc(Nc2nc(Br)cn(C)c2=O)cc1. The van der Waals surface area contributed by atoms with Crippen molar-refractivity contribution in [2.45, 2.75) is 0 Å². The standard InChI is InChI=1S/C15H17BrN4O3/c1-20-9-12(16)19-13(15(20)22)18-11-5-3-10(4-6-11)14(21)17-7-8-23-2/h3-6,9H,7-8H2,1-2H3,(H,17,21)(H,18,19). The van der Waals surface area contributed by atoms with Crippen LogP contribution in [0.25, 0.3) is 0 Å². The van der Waals surface area contributed by atoms with Gasteiger partial charge in [0.25, 0.3) is 11.5 Å². The van der Waals surface area contributed by atoms with E-state index in [2.05, 4.69) is 31.5 Å². The minimum atomic E-state index is -0.241. The van der Waals surface area contributed by atoms with Crippen LogP contribution in [-0.4, -0.2) is 35.7 Å². The zero-order chi connectivity index (χ0) is 16.8. The Hall–Kier alpha value is -2.19. The third kappa shape index (κ3) is 4.64. The topological polar surface area (TPSA) is 85.2 Å². The normalized spacial score (nSPS) is 10.4. The number of hydrogen-bond acceptors (Lipinski definition) is 5. The molecule has 0 radical (unpaired) electrons. The second-order valence-electron chi connectivity index (χ2n) is 4.78. The van der Waals surface area contributed by atoms with Crippen LogP contribution in [0.4, 0.5) is 11.5 Å². The molecule has 1 aromatic carbocycles. The molecule has 23 heavy (non-hydrogen) atoms. The van der Waals surface area contributed by atoms with Crippen molar-refractivity contribution in [1.82, 2.24) is 14.9 Å². The van der Waals surface area contributed by atoms with E-state index in [0.717, 1.165) is 0 Å². The van der Waals surface area contributed by atoms with Crippen molar-refractivity contribution in [2.24, 2.45) is 7.05 Å². The number of carbonyl (C=O) groups excluding carboxylic acids is 1. The van der Waals surface area contributed by atoms with Crippen LogP contribution in [0.15, 0.2) is 39.9 Å². The first-order chi connectivity index (χ1) is 11.0. The van der Waals surface area contributed by atoms with Crippen molar-refractivity contribution < 1.29 is 9.53 Å². The van der Waals surface area contributed by atoms with Gasteiger partial charge in [0.2, 0.25) is 0 Å². The highest BCUT2D eigenvalue weighted by Crippen LogP contribution is 2.14. The van der Waals surface area contributed by atoms with E-state index in [1.54, 1.807) is 44.6 Å². The molecule has 0 fully saturated rings. The first kappa shape index (κ1) is 17.2. The Morgan fingerprint density at radius 2 is 2.04 bits per heavy atom. The highest BCUT2D eigenvalue weighted by atomic mass is 79.9. The van der Waals surface area contributed by atoms with Gasteiger partial charge in [-0.2, -0.15) is 0 Å². The predicted octanol–water partition coefficient (Wildman–Crippen LogP) is 1.66. The van der Waals surface area contributed by atoms with Crippen LogP contribution >= 0.6 is 15.9 Å². The van der Waals surface area contributed by atoms with Gasteiger partial charge in [0.1, 0.15) is 4.60 Å². The van der Waals surface area contributed by atoms with Gasteiger partial charge in [0.05, 0.1) is 6.61 Å². The molecule has 0 aliphatic heterocycles. The van der Waals surface area contributed by atoms with E-state index in [1.807, 2.05) is 0 Å². The average Bonchev–Trinajstić information content (AvgIpc) is 2.53. The molecule has 0 bridgehead atoms. The summed E-state index contributed by atoms with van der Waals surface area (Å²) in [5.41, 5.74) is 0.956. The fraction of sp³-hybridized carbons (Fsp3) is 0.267. The molecular formula is C15H17BrN4O3. The van der Waals surface area contributed by atoms with E-state index >= 15 is 0 Å². The zero-order valence-electron chi connectivity index (χ0n) is 12.8. The van der Waals surface area contributed by atoms with E-state index in [1.165, 1.54) is 4.57 Å². The number of aryl methyl sites for hydroxylation is 1. The van der Waals surface area contributed by atoms with Gasteiger partial charge in [-0.05, 0) is 40.2 Å². The summed E-state index contributed by atoms with van der Waals surface area (Å²) in [5, 5.41) is 5.68. The maximum Gasteiger partial charge on any atom is 0.293 e. The summed E-state index contributed by atoms with van der Waals surface area (Å²) in [4.78, 5) is 28.0. The lowest BCUT2D eigenvalue weighted by molar-refractivity contribution is 0.0937. The molecule has 7 nitrogen and oxygen atoms in total. The Labute approximate surface area is 141 Å². The molecule has 0 saturated carbocycles. The van der Waals surface area contributed by atoms with Gasteiger partial charge in [-0.1, -0.05) is 0 Å². The zero-order valence-corrected chi connectivity index (χ0v) is 14.4.